The molecule has 2 nitrogen and oxygen atoms in total. The molecular weight excluding hydrogens is 200 g/mol. The highest BCUT2D eigenvalue weighted by molar-refractivity contribution is 5.72. The van der Waals surface area contributed by atoms with Gasteiger partial charge in [-0.05, 0) is 50.4 Å². The molecule has 3 aliphatic carbocycles. The molecule has 0 spiro atoms. The van der Waals surface area contributed by atoms with E-state index in [9.17, 15) is 4.79 Å². The minimum Gasteiger partial charge on any atom is -0.462 e. The second-order valence-corrected chi connectivity index (χ2v) is 5.99. The average Bonchev–Trinajstić information content (AvgIpc) is 2.92. The summed E-state index contributed by atoms with van der Waals surface area (Å²) in [6.45, 7) is 0. The summed E-state index contributed by atoms with van der Waals surface area (Å²) in [5, 5.41) is 0. The van der Waals surface area contributed by atoms with Crippen LogP contribution in [-0.4, -0.2) is 12.1 Å². The van der Waals surface area contributed by atoms with Gasteiger partial charge in [0.15, 0.2) is 0 Å². The molecule has 0 amide bonds. The normalized spacial score (nSPS) is 38.9. The van der Waals surface area contributed by atoms with E-state index in [4.69, 9.17) is 4.74 Å². The molecule has 2 bridgehead atoms. The van der Waals surface area contributed by atoms with Gasteiger partial charge >= 0.3 is 5.97 Å². The van der Waals surface area contributed by atoms with Crippen LogP contribution in [0.3, 0.4) is 0 Å². The van der Waals surface area contributed by atoms with Crippen molar-refractivity contribution in [2.45, 2.75) is 63.9 Å². The van der Waals surface area contributed by atoms with E-state index in [1.807, 2.05) is 0 Å². The second kappa shape index (κ2) is 4.38. The highest BCUT2D eigenvalue weighted by atomic mass is 16.5. The van der Waals surface area contributed by atoms with Gasteiger partial charge in [-0.2, -0.15) is 0 Å². The Labute approximate surface area is 97.7 Å². The standard InChI is InChI=1S/C14H22O2/c15-14(11-4-2-1-3-5-11)16-13-9-10-6-7-12(13)8-10/h10-13H,1-9H2. The first-order valence-electron chi connectivity index (χ1n) is 7.03. The van der Waals surface area contributed by atoms with Crippen molar-refractivity contribution in [2.24, 2.45) is 17.8 Å². The van der Waals surface area contributed by atoms with E-state index in [1.54, 1.807) is 0 Å². The molecule has 0 heterocycles. The van der Waals surface area contributed by atoms with E-state index < -0.39 is 0 Å². The third kappa shape index (κ3) is 1.99. The lowest BCUT2D eigenvalue weighted by Gasteiger charge is -2.26. The second-order valence-electron chi connectivity index (χ2n) is 5.99. The predicted molar refractivity (Wildman–Crippen MR) is 61.9 cm³/mol. The summed E-state index contributed by atoms with van der Waals surface area (Å²) < 4.78 is 5.75. The fourth-order valence-electron chi connectivity index (χ4n) is 3.91. The smallest absolute Gasteiger partial charge is 0.309 e. The van der Waals surface area contributed by atoms with Crippen molar-refractivity contribution in [3.05, 3.63) is 0 Å². The van der Waals surface area contributed by atoms with Crippen LogP contribution < -0.4 is 0 Å². The lowest BCUT2D eigenvalue weighted by Crippen LogP contribution is -2.29. The molecule has 3 atom stereocenters. The molecule has 0 radical (unpaired) electrons. The Balaban J connectivity index is 1.52. The van der Waals surface area contributed by atoms with E-state index in [-0.39, 0.29) is 18.0 Å². The largest absolute Gasteiger partial charge is 0.462 e. The van der Waals surface area contributed by atoms with Crippen LogP contribution in [-0.2, 0) is 9.53 Å². The Kier molecular flexibility index (Phi) is 2.91. The number of hydrogen-bond acceptors (Lipinski definition) is 2. The van der Waals surface area contributed by atoms with Gasteiger partial charge in [-0.15, -0.1) is 0 Å². The van der Waals surface area contributed by atoms with Crippen LogP contribution >= 0.6 is 0 Å². The quantitative estimate of drug-likeness (QED) is 0.670. The molecule has 90 valence electrons. The molecule has 0 aliphatic heterocycles. The summed E-state index contributed by atoms with van der Waals surface area (Å²) in [4.78, 5) is 12.0. The Hall–Kier alpha value is -0.530. The van der Waals surface area contributed by atoms with Crippen LogP contribution in [0.5, 0.6) is 0 Å². The van der Waals surface area contributed by atoms with Crippen LogP contribution in [0.1, 0.15) is 57.8 Å². The fourth-order valence-corrected chi connectivity index (χ4v) is 3.91. The van der Waals surface area contributed by atoms with Crippen molar-refractivity contribution in [1.29, 1.82) is 0 Å². The summed E-state index contributed by atoms with van der Waals surface area (Å²) in [6, 6.07) is 0. The highest BCUT2D eigenvalue weighted by Gasteiger charge is 2.42. The predicted octanol–water partition coefficient (Wildman–Crippen LogP) is 3.30. The molecule has 2 heteroatoms. The van der Waals surface area contributed by atoms with Gasteiger partial charge in [-0.25, -0.2) is 0 Å². The zero-order chi connectivity index (χ0) is 11.0. The van der Waals surface area contributed by atoms with Gasteiger partial charge in [-0.1, -0.05) is 19.3 Å². The van der Waals surface area contributed by atoms with Crippen molar-refractivity contribution < 1.29 is 9.53 Å². The molecule has 16 heavy (non-hydrogen) atoms. The maximum Gasteiger partial charge on any atom is 0.309 e. The minimum absolute atomic E-state index is 0.122. The molecular formula is C14H22O2. The number of esters is 1. The van der Waals surface area contributed by atoms with E-state index >= 15 is 0 Å². The van der Waals surface area contributed by atoms with Crippen LogP contribution in [0.15, 0.2) is 0 Å². The third-order valence-electron chi connectivity index (χ3n) is 4.88. The Morgan fingerprint density at radius 2 is 1.75 bits per heavy atom. The molecule has 0 saturated heterocycles. The maximum absolute atomic E-state index is 12.0. The Morgan fingerprint density at radius 3 is 2.38 bits per heavy atom. The number of carbonyl (C=O) groups is 1. The first-order chi connectivity index (χ1) is 7.83. The molecule has 0 N–H and O–H groups in total. The lowest BCUT2D eigenvalue weighted by molar-refractivity contribution is -0.157. The van der Waals surface area contributed by atoms with Gasteiger partial charge < -0.3 is 4.74 Å². The Morgan fingerprint density at radius 1 is 0.938 bits per heavy atom. The highest BCUT2D eigenvalue weighted by Crippen LogP contribution is 2.46. The molecule has 0 aromatic carbocycles. The zero-order valence-corrected chi connectivity index (χ0v) is 9.99. The molecule has 3 fully saturated rings. The first-order valence-corrected chi connectivity index (χ1v) is 7.03. The summed E-state index contributed by atoms with van der Waals surface area (Å²) in [5.41, 5.74) is 0. The fraction of sp³-hybridized carbons (Fsp3) is 0.929. The molecule has 3 saturated carbocycles. The number of ether oxygens (including phenoxy) is 1. The number of hydrogen-bond donors (Lipinski definition) is 0. The molecule has 3 aliphatic rings. The van der Waals surface area contributed by atoms with Gasteiger partial charge in [0, 0.05) is 0 Å². The van der Waals surface area contributed by atoms with Crippen molar-refractivity contribution >= 4 is 5.97 Å². The number of carbonyl (C=O) groups excluding carboxylic acids is 1. The van der Waals surface area contributed by atoms with Crippen LogP contribution in [0.4, 0.5) is 0 Å². The molecule has 0 aromatic rings. The summed E-state index contributed by atoms with van der Waals surface area (Å²) >= 11 is 0. The van der Waals surface area contributed by atoms with Gasteiger partial charge in [0.25, 0.3) is 0 Å². The van der Waals surface area contributed by atoms with Gasteiger partial charge in [0.1, 0.15) is 6.10 Å². The van der Waals surface area contributed by atoms with Gasteiger partial charge in [0.05, 0.1) is 5.92 Å². The number of fused-ring (bicyclic) bond motifs is 2. The molecule has 0 aromatic heterocycles. The van der Waals surface area contributed by atoms with Gasteiger partial charge in [-0.3, -0.25) is 4.79 Å². The summed E-state index contributed by atoms with van der Waals surface area (Å²) in [5.74, 6) is 1.93. The summed E-state index contributed by atoms with van der Waals surface area (Å²) in [7, 11) is 0. The SMILES string of the molecule is O=C(OC1CC2CCC1C2)C1CCCCC1. The third-order valence-corrected chi connectivity index (χ3v) is 4.88. The topological polar surface area (TPSA) is 26.3 Å². The maximum atomic E-state index is 12.0. The Bertz CT molecular complexity index is 268. The monoisotopic (exact) mass is 222 g/mol. The van der Waals surface area contributed by atoms with Crippen molar-refractivity contribution in [2.75, 3.05) is 0 Å². The number of rotatable bonds is 2. The van der Waals surface area contributed by atoms with E-state index in [2.05, 4.69) is 0 Å². The van der Waals surface area contributed by atoms with E-state index in [1.165, 1.54) is 38.5 Å². The van der Waals surface area contributed by atoms with Crippen molar-refractivity contribution in [3.63, 3.8) is 0 Å². The van der Waals surface area contributed by atoms with Crippen molar-refractivity contribution in [1.82, 2.24) is 0 Å². The van der Waals surface area contributed by atoms with Crippen LogP contribution in [0.25, 0.3) is 0 Å². The first kappa shape index (κ1) is 10.6. The minimum atomic E-state index is 0.122. The van der Waals surface area contributed by atoms with Crippen molar-refractivity contribution in [3.8, 4) is 0 Å². The zero-order valence-electron chi connectivity index (χ0n) is 9.99. The average molecular weight is 222 g/mol. The van der Waals surface area contributed by atoms with Crippen LogP contribution in [0, 0.1) is 17.8 Å². The van der Waals surface area contributed by atoms with Crippen LogP contribution in [0.2, 0.25) is 0 Å². The van der Waals surface area contributed by atoms with Gasteiger partial charge in [0.2, 0.25) is 0 Å². The summed E-state index contributed by atoms with van der Waals surface area (Å²) in [6.07, 6.45) is 11.3. The van der Waals surface area contributed by atoms with E-state index in [0.29, 0.717) is 5.92 Å². The van der Waals surface area contributed by atoms with E-state index in [0.717, 1.165) is 25.2 Å². The molecule has 3 unspecified atom stereocenters. The molecule has 3 rings (SSSR count). The lowest BCUT2D eigenvalue weighted by atomic mass is 9.89.